The monoisotopic (exact) mass is 576 g/mol. The average Bonchev–Trinajstić information content (AvgIpc) is 3.42. The van der Waals surface area contributed by atoms with Crippen molar-refractivity contribution in [2.24, 2.45) is 5.41 Å². The molecule has 0 spiro atoms. The van der Waals surface area contributed by atoms with Crippen LogP contribution in [0.25, 0.3) is 16.7 Å². The van der Waals surface area contributed by atoms with E-state index in [0.717, 1.165) is 38.5 Å². The quantitative estimate of drug-likeness (QED) is 0.183. The second-order valence-electron chi connectivity index (χ2n) is 11.6. The molecular formula is C31H33ClN4O3S. The summed E-state index contributed by atoms with van der Waals surface area (Å²) in [6.07, 6.45) is 5.99. The van der Waals surface area contributed by atoms with E-state index in [2.05, 4.69) is 30.3 Å². The molecule has 0 atom stereocenters. The van der Waals surface area contributed by atoms with Crippen molar-refractivity contribution in [3.8, 4) is 5.75 Å². The normalized spacial score (nSPS) is 12.3. The van der Waals surface area contributed by atoms with Crippen LogP contribution in [0.15, 0.2) is 72.0 Å². The van der Waals surface area contributed by atoms with Crippen LogP contribution in [0.3, 0.4) is 0 Å². The Balaban J connectivity index is 1.59. The number of carbonyl (C=O) groups is 1. The van der Waals surface area contributed by atoms with Crippen LogP contribution in [-0.4, -0.2) is 34.8 Å². The number of fused-ring (bicyclic) bond motifs is 2. The van der Waals surface area contributed by atoms with Gasteiger partial charge in [0, 0.05) is 51.1 Å². The minimum absolute atomic E-state index is 0.116. The molecule has 208 valence electrons. The van der Waals surface area contributed by atoms with Crippen molar-refractivity contribution in [3.05, 3.63) is 89.1 Å². The van der Waals surface area contributed by atoms with E-state index >= 15 is 0 Å². The summed E-state index contributed by atoms with van der Waals surface area (Å²) >= 11 is 7.87. The molecule has 4 aromatic heterocycles. The Kier molecular flexibility index (Phi) is 7.59. The Labute approximate surface area is 243 Å². The molecule has 0 aliphatic rings. The number of aromatic nitrogens is 4. The molecule has 1 N–H and O–H groups in total. The van der Waals surface area contributed by atoms with Crippen molar-refractivity contribution in [3.63, 3.8) is 0 Å². The van der Waals surface area contributed by atoms with Gasteiger partial charge in [0.05, 0.1) is 17.3 Å². The van der Waals surface area contributed by atoms with Gasteiger partial charge in [-0.05, 0) is 49.7 Å². The van der Waals surface area contributed by atoms with E-state index in [9.17, 15) is 9.90 Å². The number of aliphatic carboxylic acids is 1. The predicted molar refractivity (Wildman–Crippen MR) is 161 cm³/mol. The lowest BCUT2D eigenvalue weighted by atomic mass is 9.88. The number of ether oxygens (including phenoxy) is 1. The Morgan fingerprint density at radius 2 is 1.85 bits per heavy atom. The van der Waals surface area contributed by atoms with E-state index in [1.54, 1.807) is 31.8 Å². The number of hydrogen-bond donors (Lipinski definition) is 1. The molecule has 0 radical (unpaired) electrons. The summed E-state index contributed by atoms with van der Waals surface area (Å²) in [6, 6.07) is 15.6. The van der Waals surface area contributed by atoms with E-state index in [4.69, 9.17) is 21.3 Å². The molecule has 0 amide bonds. The van der Waals surface area contributed by atoms with Crippen LogP contribution in [0.5, 0.6) is 5.75 Å². The standard InChI is InChI=1S/C31H33ClN4O3S/c1-30(2,3)40-27-24-14-23(39-19-22-18-35-13-7-6-8-26(35)34-22)16-33-28(24)36(17-20-9-11-21(32)12-10-20)25(27)15-31(4,5)29(37)38/h6-14,16,18H,15,17,19H2,1-5H3,(H,37,38). The van der Waals surface area contributed by atoms with Gasteiger partial charge in [0.2, 0.25) is 0 Å². The van der Waals surface area contributed by atoms with Crippen molar-refractivity contribution in [1.82, 2.24) is 18.9 Å². The smallest absolute Gasteiger partial charge is 0.309 e. The largest absolute Gasteiger partial charge is 0.486 e. The lowest BCUT2D eigenvalue weighted by Crippen LogP contribution is -2.28. The lowest BCUT2D eigenvalue weighted by Gasteiger charge is -2.24. The summed E-state index contributed by atoms with van der Waals surface area (Å²) in [7, 11) is 0. The molecule has 4 heterocycles. The summed E-state index contributed by atoms with van der Waals surface area (Å²) in [5.74, 6) is -0.208. The zero-order valence-electron chi connectivity index (χ0n) is 23.3. The number of thioether (sulfide) groups is 1. The van der Waals surface area contributed by atoms with Gasteiger partial charge in [-0.25, -0.2) is 9.97 Å². The maximum Gasteiger partial charge on any atom is 0.309 e. The SMILES string of the molecule is CC(C)(C)Sc1c(CC(C)(C)C(=O)O)n(Cc2ccc(Cl)cc2)c2ncc(OCc3cn4ccccc4n3)cc12. The van der Waals surface area contributed by atoms with Crippen molar-refractivity contribution < 1.29 is 14.6 Å². The van der Waals surface area contributed by atoms with Crippen molar-refractivity contribution in [1.29, 1.82) is 0 Å². The maximum absolute atomic E-state index is 12.2. The highest BCUT2D eigenvalue weighted by Gasteiger charge is 2.33. The molecule has 40 heavy (non-hydrogen) atoms. The third-order valence-corrected chi connectivity index (χ3v) is 8.10. The minimum Gasteiger partial charge on any atom is -0.486 e. The average molecular weight is 577 g/mol. The summed E-state index contributed by atoms with van der Waals surface area (Å²) in [6.45, 7) is 10.8. The Morgan fingerprint density at radius 3 is 2.52 bits per heavy atom. The van der Waals surface area contributed by atoms with E-state index in [-0.39, 0.29) is 4.75 Å². The number of halogens is 1. The molecule has 0 saturated heterocycles. The third-order valence-electron chi connectivity index (χ3n) is 6.58. The molecule has 0 aliphatic carbocycles. The number of carboxylic acids is 1. The van der Waals surface area contributed by atoms with Crippen molar-refractivity contribution in [2.45, 2.75) is 63.8 Å². The van der Waals surface area contributed by atoms with Gasteiger partial charge in [-0.2, -0.15) is 0 Å². The number of pyridine rings is 2. The molecule has 0 aliphatic heterocycles. The number of benzene rings is 1. The molecule has 1 aromatic carbocycles. The van der Waals surface area contributed by atoms with Crippen LogP contribution in [-0.2, 0) is 24.4 Å². The van der Waals surface area contributed by atoms with Crippen LogP contribution >= 0.6 is 23.4 Å². The van der Waals surface area contributed by atoms with E-state index in [0.29, 0.717) is 30.3 Å². The first kappa shape index (κ1) is 28.1. The van der Waals surface area contributed by atoms with E-state index in [1.807, 2.05) is 65.3 Å². The zero-order chi connectivity index (χ0) is 28.7. The summed E-state index contributed by atoms with van der Waals surface area (Å²) in [5, 5.41) is 11.6. The lowest BCUT2D eigenvalue weighted by molar-refractivity contribution is -0.146. The van der Waals surface area contributed by atoms with Gasteiger partial charge in [-0.3, -0.25) is 4.79 Å². The van der Waals surface area contributed by atoms with Crippen molar-refractivity contribution >= 4 is 46.0 Å². The van der Waals surface area contributed by atoms with Crippen molar-refractivity contribution in [2.75, 3.05) is 0 Å². The molecule has 5 aromatic rings. The first-order valence-electron chi connectivity index (χ1n) is 13.1. The number of hydrogen-bond acceptors (Lipinski definition) is 5. The Bertz CT molecular complexity index is 1650. The highest BCUT2D eigenvalue weighted by atomic mass is 35.5. The van der Waals surface area contributed by atoms with Crippen LogP contribution in [0.2, 0.25) is 5.02 Å². The molecule has 9 heteroatoms. The topological polar surface area (TPSA) is 81.6 Å². The second kappa shape index (κ2) is 10.8. The summed E-state index contributed by atoms with van der Waals surface area (Å²) in [5.41, 5.74) is 3.50. The second-order valence-corrected chi connectivity index (χ2v) is 13.9. The van der Waals surface area contributed by atoms with Crippen LogP contribution in [0.4, 0.5) is 0 Å². The van der Waals surface area contributed by atoms with Crippen LogP contribution < -0.4 is 4.74 Å². The predicted octanol–water partition coefficient (Wildman–Crippen LogP) is 7.51. The van der Waals surface area contributed by atoms with Gasteiger partial charge in [-0.15, -0.1) is 11.8 Å². The van der Waals surface area contributed by atoms with Gasteiger partial charge < -0.3 is 18.8 Å². The molecule has 0 fully saturated rings. The maximum atomic E-state index is 12.2. The molecule has 7 nitrogen and oxygen atoms in total. The van der Waals surface area contributed by atoms with E-state index < -0.39 is 11.4 Å². The summed E-state index contributed by atoms with van der Waals surface area (Å²) < 4.78 is 10.2. The Morgan fingerprint density at radius 1 is 1.10 bits per heavy atom. The van der Waals surface area contributed by atoms with Gasteiger partial charge in [-0.1, -0.05) is 50.6 Å². The first-order valence-corrected chi connectivity index (χ1v) is 14.3. The molecule has 0 bridgehead atoms. The molecule has 5 rings (SSSR count). The van der Waals surface area contributed by atoms with Gasteiger partial charge in [0.25, 0.3) is 0 Å². The number of carboxylic acid groups (broad SMARTS) is 1. The molecular weight excluding hydrogens is 544 g/mol. The highest BCUT2D eigenvalue weighted by Crippen LogP contribution is 2.43. The summed E-state index contributed by atoms with van der Waals surface area (Å²) in [4.78, 5) is 22.7. The van der Waals surface area contributed by atoms with Crippen LogP contribution in [0, 0.1) is 5.41 Å². The number of nitrogens with zero attached hydrogens (tertiary/aromatic N) is 4. The van der Waals surface area contributed by atoms with E-state index in [1.165, 1.54) is 0 Å². The van der Waals surface area contributed by atoms with Gasteiger partial charge in [0.1, 0.15) is 23.7 Å². The highest BCUT2D eigenvalue weighted by molar-refractivity contribution is 8.00. The minimum atomic E-state index is -0.970. The van der Waals surface area contributed by atoms with Gasteiger partial charge in [0.15, 0.2) is 0 Å². The fourth-order valence-corrected chi connectivity index (χ4v) is 5.85. The zero-order valence-corrected chi connectivity index (χ0v) is 24.9. The van der Waals surface area contributed by atoms with Crippen LogP contribution in [0.1, 0.15) is 51.6 Å². The molecule has 0 unspecified atom stereocenters. The fraction of sp³-hybridized carbons (Fsp3) is 0.323. The molecule has 0 saturated carbocycles. The number of rotatable bonds is 9. The third kappa shape index (κ3) is 6.13. The fourth-order valence-electron chi connectivity index (χ4n) is 4.55. The van der Waals surface area contributed by atoms with Gasteiger partial charge >= 0.3 is 5.97 Å². The number of imidazole rings is 1. The first-order chi connectivity index (χ1) is 18.9. The Hall–Kier alpha value is -3.49.